The van der Waals surface area contributed by atoms with E-state index in [-0.39, 0.29) is 10.9 Å². The Kier molecular flexibility index (Phi) is 5.36. The fourth-order valence-electron chi connectivity index (χ4n) is 2.28. The van der Waals surface area contributed by atoms with Crippen molar-refractivity contribution in [3.63, 3.8) is 0 Å². The van der Waals surface area contributed by atoms with E-state index < -0.39 is 5.82 Å². The number of halogens is 2. The molecule has 0 atom stereocenters. The maximum Gasteiger partial charge on any atom is 0.247 e. The highest BCUT2D eigenvalue weighted by Gasteiger charge is 2.15. The molecule has 4 nitrogen and oxygen atoms in total. The van der Waals surface area contributed by atoms with Gasteiger partial charge in [-0.3, -0.25) is 4.79 Å². The van der Waals surface area contributed by atoms with E-state index in [0.29, 0.717) is 30.2 Å². The minimum atomic E-state index is -0.498. The zero-order valence-corrected chi connectivity index (χ0v) is 13.9. The third-order valence-electron chi connectivity index (χ3n) is 3.53. The molecule has 0 saturated carbocycles. The Balaban J connectivity index is 1.75. The van der Waals surface area contributed by atoms with Gasteiger partial charge in [0.25, 0.3) is 0 Å². The summed E-state index contributed by atoms with van der Waals surface area (Å²) < 4.78 is 23.8. The predicted molar refractivity (Wildman–Crippen MR) is 92.1 cm³/mol. The van der Waals surface area contributed by atoms with Crippen LogP contribution in [0.5, 0.6) is 0 Å². The number of nitrogens with zero attached hydrogens (tertiary/aromatic N) is 1. The molecule has 0 fully saturated rings. The van der Waals surface area contributed by atoms with Crippen LogP contribution in [-0.4, -0.2) is 10.8 Å². The average molecular weight is 360 g/mol. The first-order valence-electron chi connectivity index (χ1n) is 7.58. The lowest BCUT2D eigenvalue weighted by Crippen LogP contribution is -2.28. The number of carbonyl (C=O) groups excluding carboxylic acids is 1. The van der Waals surface area contributed by atoms with Crippen LogP contribution in [0.1, 0.15) is 17.1 Å². The smallest absolute Gasteiger partial charge is 0.247 e. The molecule has 128 valence electrons. The Bertz CT molecular complexity index is 821. The Morgan fingerprint density at radius 1 is 1.08 bits per heavy atom. The first kappa shape index (κ1) is 17.0. The van der Waals surface area contributed by atoms with Crippen molar-refractivity contribution >= 4 is 23.6 Å². The molecule has 0 saturated heterocycles. The topological polar surface area (TPSA) is 46.6 Å². The van der Waals surface area contributed by atoms with E-state index >= 15 is 0 Å². The fraction of sp³-hybridized carbons (Fsp3) is 0.105. The highest BCUT2D eigenvalue weighted by atomic mass is 35.5. The van der Waals surface area contributed by atoms with Crippen LogP contribution in [0.3, 0.4) is 0 Å². The molecule has 0 spiro atoms. The van der Waals surface area contributed by atoms with E-state index in [0.717, 1.165) is 0 Å². The maximum absolute atomic E-state index is 13.2. The van der Waals surface area contributed by atoms with Gasteiger partial charge in [0.15, 0.2) is 0 Å². The summed E-state index contributed by atoms with van der Waals surface area (Å²) in [5.41, 5.74) is 0.635. The zero-order valence-electron chi connectivity index (χ0n) is 13.2. The van der Waals surface area contributed by atoms with Crippen LogP contribution in [0, 0.1) is 5.82 Å². The van der Waals surface area contributed by atoms with Gasteiger partial charge in [-0.05, 0) is 48.0 Å². The van der Waals surface area contributed by atoms with Crippen molar-refractivity contribution in [2.75, 3.05) is 0 Å². The number of hydrogen-bond donors (Lipinski definition) is 0. The summed E-state index contributed by atoms with van der Waals surface area (Å²) in [5.74, 6) is 0.604. The molecule has 3 aromatic rings. The molecule has 0 N–H and O–H groups in total. The van der Waals surface area contributed by atoms with Gasteiger partial charge in [0, 0.05) is 6.08 Å². The van der Waals surface area contributed by atoms with Gasteiger partial charge in [-0.15, -0.1) is 0 Å². The van der Waals surface area contributed by atoms with Gasteiger partial charge in [-0.2, -0.15) is 0 Å². The lowest BCUT2D eigenvalue weighted by atomic mass is 10.2. The molecule has 0 aliphatic heterocycles. The predicted octanol–water partition coefficient (Wildman–Crippen LogP) is 4.91. The summed E-state index contributed by atoms with van der Waals surface area (Å²) in [6.07, 6.45) is 6.11. The van der Waals surface area contributed by atoms with E-state index in [2.05, 4.69) is 0 Å². The SMILES string of the molecule is O=C(/C=C/c1ccc(F)c(Cl)c1)N(Cc1ccco1)Cc1ccco1. The van der Waals surface area contributed by atoms with Crippen molar-refractivity contribution in [3.05, 3.63) is 89.0 Å². The molecule has 6 heteroatoms. The Morgan fingerprint density at radius 3 is 2.24 bits per heavy atom. The summed E-state index contributed by atoms with van der Waals surface area (Å²) >= 11 is 5.75. The highest BCUT2D eigenvalue weighted by Crippen LogP contribution is 2.17. The zero-order chi connectivity index (χ0) is 17.6. The van der Waals surface area contributed by atoms with E-state index in [1.54, 1.807) is 53.8 Å². The third kappa shape index (κ3) is 4.61. The van der Waals surface area contributed by atoms with Crippen LogP contribution < -0.4 is 0 Å². The Hall–Kier alpha value is -2.79. The van der Waals surface area contributed by atoms with Crippen molar-refractivity contribution in [2.45, 2.75) is 13.1 Å². The molecule has 2 heterocycles. The van der Waals surface area contributed by atoms with E-state index in [1.807, 2.05) is 0 Å². The maximum atomic E-state index is 13.2. The number of hydrogen-bond acceptors (Lipinski definition) is 3. The lowest BCUT2D eigenvalue weighted by Gasteiger charge is -2.18. The summed E-state index contributed by atoms with van der Waals surface area (Å²) in [5, 5.41) is 0.0117. The Morgan fingerprint density at radius 2 is 1.72 bits per heavy atom. The average Bonchev–Trinajstić information content (AvgIpc) is 3.29. The quantitative estimate of drug-likeness (QED) is 0.588. The van der Waals surface area contributed by atoms with Gasteiger partial charge in [-0.1, -0.05) is 17.7 Å². The molecule has 1 amide bonds. The van der Waals surface area contributed by atoms with Gasteiger partial charge in [0.05, 0.1) is 30.6 Å². The van der Waals surface area contributed by atoms with Crippen molar-refractivity contribution in [3.8, 4) is 0 Å². The van der Waals surface area contributed by atoms with Crippen LogP contribution in [0.2, 0.25) is 5.02 Å². The monoisotopic (exact) mass is 359 g/mol. The number of amides is 1. The summed E-state index contributed by atoms with van der Waals surface area (Å²) in [4.78, 5) is 14.2. The highest BCUT2D eigenvalue weighted by molar-refractivity contribution is 6.30. The van der Waals surface area contributed by atoms with Gasteiger partial charge >= 0.3 is 0 Å². The summed E-state index contributed by atoms with van der Waals surface area (Å²) in [7, 11) is 0. The second kappa shape index (κ2) is 7.85. The molecular weight excluding hydrogens is 345 g/mol. The van der Waals surface area contributed by atoms with Crippen molar-refractivity contribution in [1.82, 2.24) is 4.90 Å². The summed E-state index contributed by atoms with van der Waals surface area (Å²) in [6.45, 7) is 0.613. The summed E-state index contributed by atoms with van der Waals surface area (Å²) in [6, 6.07) is 11.4. The van der Waals surface area contributed by atoms with Crippen molar-refractivity contribution in [2.24, 2.45) is 0 Å². The minimum Gasteiger partial charge on any atom is -0.467 e. The van der Waals surface area contributed by atoms with Gasteiger partial charge in [0.1, 0.15) is 17.3 Å². The van der Waals surface area contributed by atoms with Gasteiger partial charge in [0.2, 0.25) is 5.91 Å². The number of carbonyl (C=O) groups is 1. The van der Waals surface area contributed by atoms with Crippen LogP contribution in [0.25, 0.3) is 6.08 Å². The fourth-order valence-corrected chi connectivity index (χ4v) is 2.47. The first-order chi connectivity index (χ1) is 12.1. The molecule has 3 rings (SSSR count). The molecule has 0 aliphatic carbocycles. The Labute approximate surface area is 149 Å². The second-order valence-electron chi connectivity index (χ2n) is 5.36. The molecule has 2 aromatic heterocycles. The van der Waals surface area contributed by atoms with Gasteiger partial charge in [-0.25, -0.2) is 4.39 Å². The van der Waals surface area contributed by atoms with Crippen molar-refractivity contribution in [1.29, 1.82) is 0 Å². The molecule has 25 heavy (non-hydrogen) atoms. The second-order valence-corrected chi connectivity index (χ2v) is 5.77. The van der Waals surface area contributed by atoms with E-state index in [1.165, 1.54) is 18.2 Å². The number of benzene rings is 1. The van der Waals surface area contributed by atoms with Crippen LogP contribution in [-0.2, 0) is 17.9 Å². The van der Waals surface area contributed by atoms with Crippen LogP contribution >= 0.6 is 11.6 Å². The largest absolute Gasteiger partial charge is 0.467 e. The molecule has 1 aromatic carbocycles. The van der Waals surface area contributed by atoms with Crippen LogP contribution in [0.15, 0.2) is 69.9 Å². The molecule has 0 radical (unpaired) electrons. The standard InChI is InChI=1S/C19H15ClFNO3/c20-17-11-14(5-7-18(17)21)6-8-19(23)22(12-15-3-1-9-24-15)13-16-4-2-10-25-16/h1-11H,12-13H2/b8-6+. The molecular formula is C19H15ClFNO3. The van der Waals surface area contributed by atoms with E-state index in [9.17, 15) is 9.18 Å². The normalized spacial score (nSPS) is 11.1. The van der Waals surface area contributed by atoms with Crippen LogP contribution in [0.4, 0.5) is 4.39 Å². The molecule has 0 aliphatic rings. The minimum absolute atomic E-state index is 0.0117. The lowest BCUT2D eigenvalue weighted by molar-refractivity contribution is -0.127. The number of furan rings is 2. The van der Waals surface area contributed by atoms with Crippen molar-refractivity contribution < 1.29 is 18.0 Å². The molecule has 0 bridgehead atoms. The molecule has 0 unspecified atom stereocenters. The third-order valence-corrected chi connectivity index (χ3v) is 3.82. The first-order valence-corrected chi connectivity index (χ1v) is 7.96. The van der Waals surface area contributed by atoms with Gasteiger partial charge < -0.3 is 13.7 Å². The van der Waals surface area contributed by atoms with E-state index in [4.69, 9.17) is 20.4 Å². The number of rotatable bonds is 6.